The summed E-state index contributed by atoms with van der Waals surface area (Å²) in [5.41, 5.74) is 3.22. The van der Waals surface area contributed by atoms with Gasteiger partial charge >= 0.3 is 5.97 Å². The standard InChI is InChI=1S/C27H31NO6/c1-32-27(31)21-12-10-20(11-13-21)22-14-24(26(30)28-23-4-2-3-5-23)34-25(15-22)33-17-19-8-6-18(16-29)7-9-19/h6-14,22-23,25,29H,2-5,15-17H2,1H3,(H,28,30)/t22-,25+/m0/s1. The first-order valence-electron chi connectivity index (χ1n) is 11.7. The highest BCUT2D eigenvalue weighted by atomic mass is 16.7. The molecule has 2 aliphatic rings. The molecule has 1 fully saturated rings. The number of rotatable bonds is 8. The topological polar surface area (TPSA) is 94.1 Å². The van der Waals surface area contributed by atoms with Crippen molar-refractivity contribution < 1.29 is 28.9 Å². The molecule has 2 N–H and O–H groups in total. The van der Waals surface area contributed by atoms with Crippen molar-refractivity contribution in [2.24, 2.45) is 0 Å². The Kier molecular flexibility index (Phi) is 7.98. The average Bonchev–Trinajstić information content (AvgIpc) is 3.40. The minimum Gasteiger partial charge on any atom is -0.465 e. The van der Waals surface area contributed by atoms with Gasteiger partial charge in [0, 0.05) is 18.4 Å². The highest BCUT2D eigenvalue weighted by Gasteiger charge is 2.30. The van der Waals surface area contributed by atoms with Crippen molar-refractivity contribution in [2.75, 3.05) is 7.11 Å². The van der Waals surface area contributed by atoms with E-state index in [4.69, 9.17) is 14.2 Å². The normalized spacial score (nSPS) is 20.4. The van der Waals surface area contributed by atoms with Crippen LogP contribution in [0.4, 0.5) is 0 Å². The summed E-state index contributed by atoms with van der Waals surface area (Å²) in [7, 11) is 1.35. The lowest BCUT2D eigenvalue weighted by atomic mass is 9.92. The van der Waals surface area contributed by atoms with Gasteiger partial charge in [0.25, 0.3) is 5.91 Å². The summed E-state index contributed by atoms with van der Waals surface area (Å²) in [5, 5.41) is 12.3. The van der Waals surface area contributed by atoms with Gasteiger partial charge in [0.1, 0.15) is 0 Å². The zero-order valence-corrected chi connectivity index (χ0v) is 19.4. The largest absolute Gasteiger partial charge is 0.465 e. The summed E-state index contributed by atoms with van der Waals surface area (Å²) in [6.07, 6.45) is 6.00. The number of carbonyl (C=O) groups excluding carboxylic acids is 2. The van der Waals surface area contributed by atoms with Gasteiger partial charge in [-0.05, 0) is 47.7 Å². The van der Waals surface area contributed by atoms with E-state index in [1.54, 1.807) is 12.1 Å². The van der Waals surface area contributed by atoms with Gasteiger partial charge < -0.3 is 24.6 Å². The molecule has 0 radical (unpaired) electrons. The fourth-order valence-electron chi connectivity index (χ4n) is 4.39. The molecule has 4 rings (SSSR count). The molecule has 1 amide bonds. The summed E-state index contributed by atoms with van der Waals surface area (Å²) >= 11 is 0. The lowest BCUT2D eigenvalue weighted by Crippen LogP contribution is -2.37. The van der Waals surface area contributed by atoms with E-state index in [0.29, 0.717) is 18.6 Å². The fourth-order valence-corrected chi connectivity index (χ4v) is 4.39. The van der Waals surface area contributed by atoms with E-state index in [0.717, 1.165) is 42.4 Å². The number of allylic oxidation sites excluding steroid dienone is 1. The maximum Gasteiger partial charge on any atom is 0.337 e. The molecule has 1 saturated carbocycles. The van der Waals surface area contributed by atoms with E-state index < -0.39 is 6.29 Å². The van der Waals surface area contributed by atoms with Crippen LogP contribution in [0.2, 0.25) is 0 Å². The maximum atomic E-state index is 13.0. The third-order valence-corrected chi connectivity index (χ3v) is 6.37. The van der Waals surface area contributed by atoms with Crippen LogP contribution in [0.1, 0.15) is 65.1 Å². The number of aliphatic hydroxyl groups excluding tert-OH is 1. The number of methoxy groups -OCH3 is 1. The van der Waals surface area contributed by atoms with Crippen molar-refractivity contribution in [1.82, 2.24) is 5.32 Å². The van der Waals surface area contributed by atoms with Gasteiger partial charge in [0.2, 0.25) is 6.29 Å². The van der Waals surface area contributed by atoms with E-state index in [1.807, 2.05) is 42.5 Å². The lowest BCUT2D eigenvalue weighted by molar-refractivity contribution is -0.150. The van der Waals surface area contributed by atoms with Crippen LogP contribution in [-0.4, -0.2) is 36.4 Å². The van der Waals surface area contributed by atoms with Crippen molar-refractivity contribution in [3.8, 4) is 0 Å². The highest BCUT2D eigenvalue weighted by molar-refractivity contribution is 5.92. The van der Waals surface area contributed by atoms with Crippen LogP contribution >= 0.6 is 0 Å². The van der Waals surface area contributed by atoms with E-state index >= 15 is 0 Å². The van der Waals surface area contributed by atoms with Gasteiger partial charge in [-0.1, -0.05) is 49.2 Å². The molecule has 2 aromatic carbocycles. The summed E-state index contributed by atoms with van der Waals surface area (Å²) in [6.45, 7) is 0.315. The molecular weight excluding hydrogens is 434 g/mol. The molecule has 0 bridgehead atoms. The van der Waals surface area contributed by atoms with E-state index in [-0.39, 0.29) is 36.2 Å². The molecule has 0 saturated heterocycles. The molecule has 34 heavy (non-hydrogen) atoms. The Morgan fingerprint density at radius 2 is 1.71 bits per heavy atom. The van der Waals surface area contributed by atoms with E-state index in [1.165, 1.54) is 7.11 Å². The third-order valence-electron chi connectivity index (χ3n) is 6.37. The monoisotopic (exact) mass is 465 g/mol. The van der Waals surface area contributed by atoms with Crippen molar-refractivity contribution in [2.45, 2.75) is 63.6 Å². The predicted octanol–water partition coefficient (Wildman–Crippen LogP) is 3.96. The third kappa shape index (κ3) is 6.04. The Labute approximate surface area is 199 Å². The van der Waals surface area contributed by atoms with Gasteiger partial charge in [-0.3, -0.25) is 4.79 Å². The summed E-state index contributed by atoms with van der Waals surface area (Å²) in [5.74, 6) is -0.449. The number of hydrogen-bond donors (Lipinski definition) is 2. The zero-order valence-electron chi connectivity index (χ0n) is 19.4. The molecule has 0 aromatic heterocycles. The number of ether oxygens (including phenoxy) is 3. The van der Waals surface area contributed by atoms with Crippen LogP contribution in [0, 0.1) is 0 Å². The molecule has 2 atom stereocenters. The Balaban J connectivity index is 1.49. The minimum absolute atomic E-state index is 0.00637. The number of esters is 1. The van der Waals surface area contributed by atoms with Gasteiger partial charge in [-0.15, -0.1) is 0 Å². The van der Waals surface area contributed by atoms with Crippen LogP contribution in [-0.2, 0) is 32.2 Å². The first-order valence-corrected chi connectivity index (χ1v) is 11.7. The maximum absolute atomic E-state index is 13.0. The van der Waals surface area contributed by atoms with Crippen molar-refractivity contribution >= 4 is 11.9 Å². The van der Waals surface area contributed by atoms with Crippen molar-refractivity contribution in [3.05, 3.63) is 82.6 Å². The molecule has 1 heterocycles. The Morgan fingerprint density at radius 3 is 2.35 bits per heavy atom. The van der Waals surface area contributed by atoms with Gasteiger partial charge in [-0.2, -0.15) is 0 Å². The Morgan fingerprint density at radius 1 is 1.03 bits per heavy atom. The van der Waals surface area contributed by atoms with Gasteiger partial charge in [-0.25, -0.2) is 4.79 Å². The molecule has 1 aliphatic heterocycles. The second-order valence-electron chi connectivity index (χ2n) is 8.77. The second-order valence-corrected chi connectivity index (χ2v) is 8.77. The second kappa shape index (κ2) is 11.3. The number of nitrogens with one attached hydrogen (secondary N) is 1. The number of carbonyl (C=O) groups is 2. The lowest BCUT2D eigenvalue weighted by Gasteiger charge is -2.30. The molecule has 180 valence electrons. The number of amides is 1. The number of aliphatic hydroxyl groups is 1. The SMILES string of the molecule is COC(=O)c1ccc([C@H]2C=C(C(=O)NC3CCCC3)O[C@@H](OCc3ccc(CO)cc3)C2)cc1. The molecular formula is C27H31NO6. The first kappa shape index (κ1) is 24.0. The van der Waals surface area contributed by atoms with E-state index in [9.17, 15) is 14.7 Å². The minimum atomic E-state index is -0.600. The van der Waals surface area contributed by atoms with Crippen LogP contribution in [0.3, 0.4) is 0 Å². The predicted molar refractivity (Wildman–Crippen MR) is 126 cm³/mol. The van der Waals surface area contributed by atoms with Crippen molar-refractivity contribution in [1.29, 1.82) is 0 Å². The van der Waals surface area contributed by atoms with Crippen LogP contribution in [0.15, 0.2) is 60.4 Å². The Bertz CT molecular complexity index is 1010. The molecule has 0 unspecified atom stereocenters. The average molecular weight is 466 g/mol. The van der Waals surface area contributed by atoms with Crippen LogP contribution in [0.5, 0.6) is 0 Å². The first-order chi connectivity index (χ1) is 16.6. The summed E-state index contributed by atoms with van der Waals surface area (Å²) in [4.78, 5) is 24.7. The van der Waals surface area contributed by atoms with Crippen LogP contribution < -0.4 is 5.32 Å². The number of hydrogen-bond acceptors (Lipinski definition) is 6. The smallest absolute Gasteiger partial charge is 0.337 e. The zero-order chi connectivity index (χ0) is 23.9. The summed E-state index contributed by atoms with van der Waals surface area (Å²) < 4.78 is 16.8. The quantitative estimate of drug-likeness (QED) is 0.574. The molecule has 7 heteroatoms. The van der Waals surface area contributed by atoms with Crippen LogP contribution in [0.25, 0.3) is 0 Å². The molecule has 0 spiro atoms. The fraction of sp³-hybridized carbons (Fsp3) is 0.407. The molecule has 2 aromatic rings. The number of benzene rings is 2. The van der Waals surface area contributed by atoms with Crippen molar-refractivity contribution in [3.63, 3.8) is 0 Å². The Hall–Kier alpha value is -3.16. The van der Waals surface area contributed by atoms with Gasteiger partial charge in [0.15, 0.2) is 5.76 Å². The summed E-state index contributed by atoms with van der Waals surface area (Å²) in [6, 6.07) is 14.9. The van der Waals surface area contributed by atoms with E-state index in [2.05, 4.69) is 5.32 Å². The molecule has 7 nitrogen and oxygen atoms in total. The highest BCUT2D eigenvalue weighted by Crippen LogP contribution is 2.32. The molecule has 1 aliphatic carbocycles. The van der Waals surface area contributed by atoms with Gasteiger partial charge in [0.05, 0.1) is 25.9 Å².